The lowest BCUT2D eigenvalue weighted by atomic mass is 10.1. The number of pyridine rings is 1. The van der Waals surface area contributed by atoms with Crippen molar-refractivity contribution in [1.29, 1.82) is 0 Å². The average molecular weight is 371 g/mol. The molecule has 0 aliphatic rings. The van der Waals surface area contributed by atoms with Crippen LogP contribution in [0.15, 0.2) is 45.9 Å². The van der Waals surface area contributed by atoms with Gasteiger partial charge in [0.05, 0.1) is 5.69 Å². The summed E-state index contributed by atoms with van der Waals surface area (Å²) >= 11 is 3.21. The van der Waals surface area contributed by atoms with E-state index in [1.54, 1.807) is 12.1 Å². The first-order valence-corrected chi connectivity index (χ1v) is 8.48. The van der Waals surface area contributed by atoms with Gasteiger partial charge in [0.25, 0.3) is 10.0 Å². The van der Waals surface area contributed by atoms with Crippen molar-refractivity contribution >= 4 is 37.5 Å². The molecular weight excluding hydrogens is 356 g/mol. The molecule has 1 aromatic heterocycles. The lowest BCUT2D eigenvalue weighted by molar-refractivity contribution is 0.601. The molecule has 0 spiro atoms. The normalized spacial score (nSPS) is 11.2. The van der Waals surface area contributed by atoms with Crippen LogP contribution < -0.4 is 16.0 Å². The Hall–Kier alpha value is -1.64. The second kappa shape index (κ2) is 6.42. The van der Waals surface area contributed by atoms with E-state index in [2.05, 4.69) is 31.1 Å². The van der Waals surface area contributed by atoms with Crippen LogP contribution >= 0.6 is 15.9 Å². The van der Waals surface area contributed by atoms with Crippen molar-refractivity contribution in [2.24, 2.45) is 5.84 Å². The van der Waals surface area contributed by atoms with Gasteiger partial charge in [0.1, 0.15) is 4.90 Å². The molecule has 0 aliphatic heterocycles. The Kier molecular flexibility index (Phi) is 4.81. The largest absolute Gasteiger partial charge is 0.307 e. The van der Waals surface area contributed by atoms with Crippen molar-refractivity contribution in [3.63, 3.8) is 0 Å². The van der Waals surface area contributed by atoms with Crippen LogP contribution in [-0.2, 0) is 16.4 Å². The van der Waals surface area contributed by atoms with Gasteiger partial charge in [-0.3, -0.25) is 4.72 Å². The van der Waals surface area contributed by atoms with Gasteiger partial charge >= 0.3 is 0 Å². The maximum absolute atomic E-state index is 12.5. The van der Waals surface area contributed by atoms with Crippen LogP contribution in [0.25, 0.3) is 0 Å². The van der Waals surface area contributed by atoms with Crippen LogP contribution in [0.2, 0.25) is 0 Å². The number of hydrogen-bond acceptors (Lipinski definition) is 5. The SMILES string of the molecule is CCc1ccccc1NS(=O)(=O)c1cc(Br)cnc1NN. The number of rotatable bonds is 5. The number of aromatic nitrogens is 1. The number of anilines is 2. The van der Waals surface area contributed by atoms with Gasteiger partial charge in [-0.05, 0) is 40.0 Å². The van der Waals surface area contributed by atoms with Gasteiger partial charge in [0.15, 0.2) is 5.82 Å². The standard InChI is InChI=1S/C13H15BrN4O2S/c1-2-9-5-3-4-6-11(9)18-21(19,20)12-7-10(14)8-16-13(12)17-15/h3-8,18H,2,15H2,1H3,(H,16,17). The Morgan fingerprint density at radius 1 is 1.33 bits per heavy atom. The van der Waals surface area contributed by atoms with Crippen LogP contribution in [0.1, 0.15) is 12.5 Å². The molecular formula is C13H15BrN4O2S. The summed E-state index contributed by atoms with van der Waals surface area (Å²) in [6, 6.07) is 8.68. The van der Waals surface area contributed by atoms with E-state index < -0.39 is 10.0 Å². The van der Waals surface area contributed by atoms with E-state index in [0.717, 1.165) is 12.0 Å². The predicted molar refractivity (Wildman–Crippen MR) is 86.4 cm³/mol. The molecule has 0 saturated carbocycles. The highest BCUT2D eigenvalue weighted by Gasteiger charge is 2.21. The highest BCUT2D eigenvalue weighted by Crippen LogP contribution is 2.26. The summed E-state index contributed by atoms with van der Waals surface area (Å²) in [5.41, 5.74) is 3.75. The highest BCUT2D eigenvalue weighted by atomic mass is 79.9. The summed E-state index contributed by atoms with van der Waals surface area (Å²) in [4.78, 5) is 3.92. The summed E-state index contributed by atoms with van der Waals surface area (Å²) < 4.78 is 28.2. The lowest BCUT2D eigenvalue weighted by Crippen LogP contribution is -2.19. The van der Waals surface area contributed by atoms with Crippen molar-refractivity contribution < 1.29 is 8.42 Å². The molecule has 1 heterocycles. The zero-order valence-electron chi connectivity index (χ0n) is 11.3. The van der Waals surface area contributed by atoms with Gasteiger partial charge in [0.2, 0.25) is 0 Å². The van der Waals surface area contributed by atoms with E-state index in [1.165, 1.54) is 12.3 Å². The molecule has 0 amide bonds. The smallest absolute Gasteiger partial charge is 0.265 e. The second-order valence-electron chi connectivity index (χ2n) is 4.26. The van der Waals surface area contributed by atoms with E-state index in [1.807, 2.05) is 19.1 Å². The fraction of sp³-hybridized carbons (Fsp3) is 0.154. The van der Waals surface area contributed by atoms with Crippen LogP contribution in [0, 0.1) is 0 Å². The van der Waals surface area contributed by atoms with Crippen LogP contribution in [0.4, 0.5) is 11.5 Å². The molecule has 0 atom stereocenters. The Morgan fingerprint density at radius 3 is 2.71 bits per heavy atom. The van der Waals surface area contributed by atoms with Crippen LogP contribution in [0.5, 0.6) is 0 Å². The molecule has 0 fully saturated rings. The Morgan fingerprint density at radius 2 is 2.05 bits per heavy atom. The molecule has 2 rings (SSSR count). The van der Waals surface area contributed by atoms with Gasteiger partial charge in [-0.15, -0.1) is 0 Å². The first-order valence-electron chi connectivity index (χ1n) is 6.21. The number of benzene rings is 1. The van der Waals surface area contributed by atoms with Crippen LogP contribution in [-0.4, -0.2) is 13.4 Å². The topological polar surface area (TPSA) is 97.1 Å². The van der Waals surface area contributed by atoms with Crippen molar-refractivity contribution in [2.45, 2.75) is 18.2 Å². The number of nitrogen functional groups attached to an aromatic ring is 1. The molecule has 0 bridgehead atoms. The number of hydrazine groups is 1. The zero-order chi connectivity index (χ0) is 15.5. The maximum atomic E-state index is 12.5. The Bertz CT molecular complexity index is 750. The molecule has 0 aliphatic carbocycles. The van der Waals surface area contributed by atoms with E-state index >= 15 is 0 Å². The van der Waals surface area contributed by atoms with Crippen molar-refractivity contribution in [3.05, 3.63) is 46.6 Å². The minimum absolute atomic E-state index is 0.0229. The average Bonchev–Trinajstić information content (AvgIpc) is 2.47. The summed E-state index contributed by atoms with van der Waals surface area (Å²) in [5.74, 6) is 5.41. The molecule has 0 unspecified atom stereocenters. The number of halogens is 1. The van der Waals surface area contributed by atoms with Gasteiger partial charge in [-0.1, -0.05) is 25.1 Å². The molecule has 1 aromatic carbocycles. The molecule has 8 heteroatoms. The van der Waals surface area contributed by atoms with Crippen LogP contribution in [0.3, 0.4) is 0 Å². The maximum Gasteiger partial charge on any atom is 0.265 e. The molecule has 6 nitrogen and oxygen atoms in total. The number of nitrogens with one attached hydrogen (secondary N) is 2. The fourth-order valence-electron chi connectivity index (χ4n) is 1.86. The highest BCUT2D eigenvalue weighted by molar-refractivity contribution is 9.10. The van der Waals surface area contributed by atoms with Crippen molar-refractivity contribution in [3.8, 4) is 0 Å². The predicted octanol–water partition coefficient (Wildman–Crippen LogP) is 2.49. The first-order chi connectivity index (χ1) is 9.97. The Balaban J connectivity index is 2.46. The number of nitrogens with two attached hydrogens (primary N) is 1. The first kappa shape index (κ1) is 15.7. The molecule has 21 heavy (non-hydrogen) atoms. The molecule has 0 radical (unpaired) electrons. The zero-order valence-corrected chi connectivity index (χ0v) is 13.7. The number of aryl methyl sites for hydroxylation is 1. The van der Waals surface area contributed by atoms with Gasteiger partial charge in [0, 0.05) is 10.7 Å². The lowest BCUT2D eigenvalue weighted by Gasteiger charge is -2.13. The van der Waals surface area contributed by atoms with Gasteiger partial charge < -0.3 is 5.43 Å². The molecule has 0 saturated heterocycles. The minimum Gasteiger partial charge on any atom is -0.307 e. The number of para-hydroxylation sites is 1. The number of sulfonamides is 1. The van der Waals surface area contributed by atoms with Gasteiger partial charge in [-0.2, -0.15) is 0 Å². The van der Waals surface area contributed by atoms with E-state index in [0.29, 0.717) is 10.2 Å². The summed E-state index contributed by atoms with van der Waals surface area (Å²) in [7, 11) is -3.80. The van der Waals surface area contributed by atoms with Gasteiger partial charge in [-0.25, -0.2) is 19.2 Å². The summed E-state index contributed by atoms with van der Waals surface area (Å²) in [6.07, 6.45) is 2.19. The monoisotopic (exact) mass is 370 g/mol. The third-order valence-corrected chi connectivity index (χ3v) is 4.70. The minimum atomic E-state index is -3.80. The summed E-state index contributed by atoms with van der Waals surface area (Å²) in [5, 5.41) is 0. The van der Waals surface area contributed by atoms with Crippen molar-refractivity contribution in [1.82, 2.24) is 4.98 Å². The molecule has 2 aromatic rings. The summed E-state index contributed by atoms with van der Waals surface area (Å²) in [6.45, 7) is 1.96. The van der Waals surface area contributed by atoms with Crippen molar-refractivity contribution in [2.75, 3.05) is 10.1 Å². The second-order valence-corrected chi connectivity index (χ2v) is 6.83. The molecule has 4 N–H and O–H groups in total. The van der Waals surface area contributed by atoms with E-state index in [-0.39, 0.29) is 10.7 Å². The fourth-order valence-corrected chi connectivity index (χ4v) is 3.59. The third kappa shape index (κ3) is 3.52. The molecule has 112 valence electrons. The Labute approximate surface area is 131 Å². The van der Waals surface area contributed by atoms with E-state index in [9.17, 15) is 8.42 Å². The third-order valence-electron chi connectivity index (χ3n) is 2.89. The number of hydrogen-bond donors (Lipinski definition) is 3. The quantitative estimate of drug-likeness (QED) is 0.554. The van der Waals surface area contributed by atoms with E-state index in [4.69, 9.17) is 5.84 Å². The number of nitrogens with zero attached hydrogens (tertiary/aromatic N) is 1.